The Morgan fingerprint density at radius 1 is 0.794 bits per heavy atom. The molecule has 0 atom stereocenters. The van der Waals surface area contributed by atoms with Crippen LogP contribution in [0.3, 0.4) is 0 Å². The number of nitrogens with zero attached hydrogens (tertiary/aromatic N) is 3. The Morgan fingerprint density at radius 2 is 1.26 bits per heavy atom. The minimum Gasteiger partial charge on any atom is -0.385 e. The number of nitrogens with one attached hydrogen (secondary N) is 2. The zero-order valence-corrected chi connectivity index (χ0v) is 20.1. The van der Waals surface area contributed by atoms with Crippen LogP contribution in [0.5, 0.6) is 0 Å². The summed E-state index contributed by atoms with van der Waals surface area (Å²) < 4.78 is 3.23. The van der Waals surface area contributed by atoms with Gasteiger partial charge in [0, 0.05) is 27.5 Å². The van der Waals surface area contributed by atoms with Crippen molar-refractivity contribution < 1.29 is 0 Å². The van der Waals surface area contributed by atoms with E-state index in [-0.39, 0.29) is 26.7 Å². The maximum absolute atomic E-state index is 11.4. The van der Waals surface area contributed by atoms with Gasteiger partial charge in [-0.1, -0.05) is 23.2 Å². The predicted molar refractivity (Wildman–Crippen MR) is 139 cm³/mol. The first-order valence-corrected chi connectivity index (χ1v) is 10.8. The summed E-state index contributed by atoms with van der Waals surface area (Å²) >= 11 is 21.6. The van der Waals surface area contributed by atoms with Gasteiger partial charge in [-0.2, -0.15) is 0 Å². The number of nitrogens with two attached hydrogens (primary N) is 2. The second-order valence-electron chi connectivity index (χ2n) is 6.57. The summed E-state index contributed by atoms with van der Waals surface area (Å²) in [4.78, 5) is 37.9. The summed E-state index contributed by atoms with van der Waals surface area (Å²) in [7, 11) is 0. The van der Waals surface area contributed by atoms with E-state index in [9.17, 15) is 14.5 Å². The molecular weight excluding hydrogens is 521 g/mol. The largest absolute Gasteiger partial charge is 0.385 e. The maximum Gasteiger partial charge on any atom is 0.283 e. The van der Waals surface area contributed by atoms with Crippen LogP contribution in [0.15, 0.2) is 69.4 Å². The van der Waals surface area contributed by atoms with E-state index in [4.69, 9.17) is 59.1 Å². The lowest BCUT2D eigenvalue weighted by Gasteiger charge is -2.10. The number of aromatic nitrogens is 4. The number of rotatable bonds is 3. The minimum atomic E-state index is -0.710. The van der Waals surface area contributed by atoms with Crippen molar-refractivity contribution in [2.45, 2.75) is 0 Å². The van der Waals surface area contributed by atoms with Crippen molar-refractivity contribution in [3.63, 3.8) is 0 Å². The second kappa shape index (κ2) is 10.6. The Hall–Kier alpha value is -3.58. The van der Waals surface area contributed by atoms with Crippen LogP contribution in [0, 0.1) is 14.4 Å². The number of nitrogen functional groups attached to an aromatic ring is 2. The fraction of sp³-hybridized carbons (Fsp3) is 0. The summed E-state index contributed by atoms with van der Waals surface area (Å²) in [5.74, 6) is 0.178. The van der Waals surface area contributed by atoms with Gasteiger partial charge >= 0.3 is 0 Å². The van der Waals surface area contributed by atoms with Crippen LogP contribution in [0.2, 0.25) is 10.0 Å². The van der Waals surface area contributed by atoms with E-state index in [1.54, 1.807) is 53.1 Å². The lowest BCUT2D eigenvalue weighted by atomic mass is 10.3. The molecule has 2 aromatic carbocycles. The Labute approximate surface area is 211 Å². The topological polar surface area (TPSA) is 157 Å². The van der Waals surface area contributed by atoms with Gasteiger partial charge in [0.15, 0.2) is 9.54 Å². The van der Waals surface area contributed by atoms with Gasteiger partial charge < -0.3 is 11.5 Å². The highest BCUT2D eigenvalue weighted by Crippen LogP contribution is 2.22. The van der Waals surface area contributed by atoms with Crippen molar-refractivity contribution in [3.8, 4) is 11.4 Å². The lowest BCUT2D eigenvalue weighted by molar-refractivity contribution is 0.949. The van der Waals surface area contributed by atoms with Crippen LogP contribution in [-0.4, -0.2) is 19.1 Å². The molecule has 4 rings (SSSR count). The molecule has 0 aliphatic carbocycles. The number of hydrogen-bond donors (Lipinski definition) is 4. The molecule has 174 valence electrons. The Balaban J connectivity index is 0.000000192. The molecule has 0 aliphatic heterocycles. The second-order valence-corrected chi connectivity index (χ2v) is 8.22. The number of nitroso groups, excluding NO2 is 1. The first-order valence-electron chi connectivity index (χ1n) is 9.24. The summed E-state index contributed by atoms with van der Waals surface area (Å²) in [5, 5.41) is 3.77. The van der Waals surface area contributed by atoms with Crippen molar-refractivity contribution in [2.24, 2.45) is 5.18 Å². The average Bonchev–Trinajstić information content (AvgIpc) is 2.76. The average molecular weight is 536 g/mol. The molecule has 0 aliphatic rings. The molecule has 0 bridgehead atoms. The molecule has 0 amide bonds. The standard InChI is InChI=1S/C10H7ClN4O2S.C10H8ClN3OS/c11-5-1-3-6(4-2-5)15-8(12)7(14-17)9(16)13-10(15)18;11-6-1-3-7(4-2-6)14-8(12)5-9(15)13-10(14)16/h1-4H,12H2,(H,13,16,18);1-5H,12H2,(H,13,15,16). The minimum absolute atomic E-state index is 0.0761. The third kappa shape index (κ3) is 5.48. The van der Waals surface area contributed by atoms with Crippen LogP contribution >= 0.6 is 47.6 Å². The van der Waals surface area contributed by atoms with Crippen molar-refractivity contribution in [1.29, 1.82) is 0 Å². The number of H-pyrrole nitrogens is 2. The van der Waals surface area contributed by atoms with Gasteiger partial charge in [0.2, 0.25) is 5.69 Å². The van der Waals surface area contributed by atoms with Gasteiger partial charge in [0.25, 0.3) is 11.1 Å². The summed E-state index contributed by atoms with van der Waals surface area (Å²) in [6.07, 6.45) is 0. The highest BCUT2D eigenvalue weighted by atomic mass is 35.5. The van der Waals surface area contributed by atoms with Gasteiger partial charge in [0.05, 0.1) is 0 Å². The Morgan fingerprint density at radius 3 is 1.74 bits per heavy atom. The third-order valence-corrected chi connectivity index (χ3v) is 5.43. The number of halogens is 2. The normalized spacial score (nSPS) is 10.3. The predicted octanol–water partition coefficient (Wildman–Crippen LogP) is 4.66. The van der Waals surface area contributed by atoms with Gasteiger partial charge in [-0.05, 0) is 78.1 Å². The zero-order chi connectivity index (χ0) is 25.0. The molecule has 34 heavy (non-hydrogen) atoms. The van der Waals surface area contributed by atoms with E-state index in [0.29, 0.717) is 15.7 Å². The van der Waals surface area contributed by atoms with Crippen LogP contribution in [0.25, 0.3) is 11.4 Å². The van der Waals surface area contributed by atoms with E-state index in [1.807, 2.05) is 0 Å². The van der Waals surface area contributed by atoms with E-state index < -0.39 is 11.2 Å². The van der Waals surface area contributed by atoms with E-state index in [0.717, 1.165) is 5.69 Å². The Bertz CT molecular complexity index is 1590. The van der Waals surface area contributed by atoms with Crippen molar-refractivity contribution >= 4 is 65.0 Å². The van der Waals surface area contributed by atoms with Gasteiger partial charge in [-0.25, -0.2) is 0 Å². The quantitative estimate of drug-likeness (QED) is 0.219. The summed E-state index contributed by atoms with van der Waals surface area (Å²) in [6.45, 7) is 0. The lowest BCUT2D eigenvalue weighted by Crippen LogP contribution is -2.16. The molecule has 10 nitrogen and oxygen atoms in total. The first-order chi connectivity index (χ1) is 16.1. The van der Waals surface area contributed by atoms with Gasteiger partial charge in [0.1, 0.15) is 11.6 Å². The van der Waals surface area contributed by atoms with E-state index >= 15 is 0 Å². The van der Waals surface area contributed by atoms with Crippen LogP contribution in [0.1, 0.15) is 0 Å². The highest BCUT2D eigenvalue weighted by molar-refractivity contribution is 7.71. The third-order valence-electron chi connectivity index (χ3n) is 4.35. The van der Waals surface area contributed by atoms with Crippen molar-refractivity contribution in [2.75, 3.05) is 11.5 Å². The molecule has 6 N–H and O–H groups in total. The molecule has 0 radical (unpaired) electrons. The Kier molecular flexibility index (Phi) is 7.79. The molecule has 0 unspecified atom stereocenters. The van der Waals surface area contributed by atoms with Crippen molar-refractivity contribution in [1.82, 2.24) is 19.1 Å². The summed E-state index contributed by atoms with van der Waals surface area (Å²) in [5.41, 5.74) is 11.3. The number of benzene rings is 2. The fourth-order valence-corrected chi connectivity index (χ4v) is 3.71. The van der Waals surface area contributed by atoms with E-state index in [2.05, 4.69) is 15.1 Å². The van der Waals surface area contributed by atoms with Crippen LogP contribution < -0.4 is 22.6 Å². The van der Waals surface area contributed by atoms with Crippen LogP contribution in [-0.2, 0) is 0 Å². The molecule has 0 spiro atoms. The molecule has 2 heterocycles. The van der Waals surface area contributed by atoms with Crippen LogP contribution in [0.4, 0.5) is 17.3 Å². The number of aromatic amines is 2. The van der Waals surface area contributed by atoms with Gasteiger partial charge in [-0.3, -0.25) is 28.7 Å². The molecule has 4 aromatic rings. The van der Waals surface area contributed by atoms with E-state index in [1.165, 1.54) is 10.6 Å². The van der Waals surface area contributed by atoms with Gasteiger partial charge in [-0.15, -0.1) is 4.91 Å². The van der Waals surface area contributed by atoms with Crippen molar-refractivity contribution in [3.05, 3.63) is 99.8 Å². The molecule has 2 aromatic heterocycles. The first kappa shape index (κ1) is 25.1. The fourth-order valence-electron chi connectivity index (χ4n) is 2.85. The smallest absolute Gasteiger partial charge is 0.283 e. The SMILES string of the molecule is Nc1c(N=O)c(=O)[nH]c(=S)n1-c1ccc(Cl)cc1.Nc1cc(=O)[nH]c(=S)n1-c1ccc(Cl)cc1. The molecule has 0 saturated heterocycles. The molecule has 0 fully saturated rings. The molecule has 0 saturated carbocycles. The highest BCUT2D eigenvalue weighted by Gasteiger charge is 2.12. The number of hydrogen-bond acceptors (Lipinski definition) is 8. The maximum atomic E-state index is 11.4. The molecule has 14 heteroatoms. The number of anilines is 2. The summed E-state index contributed by atoms with van der Waals surface area (Å²) in [6, 6.07) is 14.9. The molecular formula is C20H15Cl2N7O3S2. The zero-order valence-electron chi connectivity index (χ0n) is 17.0. The monoisotopic (exact) mass is 535 g/mol.